The predicted octanol–water partition coefficient (Wildman–Crippen LogP) is -2.06. The summed E-state index contributed by atoms with van der Waals surface area (Å²) in [6.07, 6.45) is 0. The molecule has 0 aromatic heterocycles. The first-order chi connectivity index (χ1) is 3.26. The molecule has 2 aliphatic rings. The number of hydrogen-bond donors (Lipinski definition) is 2. The largest absolute Gasteiger partial charge is 0.313 e. The highest BCUT2D eigenvalue weighted by atomic mass is 16.2. The fourth-order valence-electron chi connectivity index (χ4n) is 0.526. The third-order valence-electron chi connectivity index (χ3n) is 1.16. The quantitative estimate of drug-likeness (QED) is 0.270. The van der Waals surface area contributed by atoms with Crippen LogP contribution in [0, 0.1) is 0 Å². The zero-order chi connectivity index (χ0) is 5.07. The number of carbonyl (C=O) groups excluding carboxylic acids is 2. The van der Waals surface area contributed by atoms with E-state index in [0.29, 0.717) is 0 Å². The van der Waals surface area contributed by atoms with E-state index in [-0.39, 0.29) is 11.8 Å². The van der Waals surface area contributed by atoms with Crippen LogP contribution >= 0.6 is 0 Å². The zero-order valence-electron chi connectivity index (χ0n) is 3.32. The maximum Gasteiger partial charge on any atom is 0.279 e. The first kappa shape index (κ1) is 3.01. The van der Waals surface area contributed by atoms with Gasteiger partial charge < -0.3 is 10.6 Å². The Morgan fingerprint density at radius 3 is 1.43 bits per heavy atom. The van der Waals surface area contributed by atoms with Crippen LogP contribution in [0.3, 0.4) is 0 Å². The van der Waals surface area contributed by atoms with E-state index in [1.165, 1.54) is 0 Å². The minimum Gasteiger partial charge on any atom is -0.313 e. The lowest BCUT2D eigenvalue weighted by Gasteiger charge is -1.50. The summed E-state index contributed by atoms with van der Waals surface area (Å²) in [4.78, 5) is 20.2. The van der Waals surface area contributed by atoms with Crippen molar-refractivity contribution < 1.29 is 9.59 Å². The Morgan fingerprint density at radius 1 is 1.14 bits per heavy atom. The van der Waals surface area contributed by atoms with Crippen LogP contribution in [0.15, 0.2) is 0 Å². The molecule has 0 aromatic carbocycles. The lowest BCUT2D eigenvalue weighted by atomic mass is 10.5. The molecular formula is C3H2N2O2. The Hall–Kier alpha value is -1.06. The van der Waals surface area contributed by atoms with E-state index in [0.717, 1.165) is 0 Å². The summed E-state index contributed by atoms with van der Waals surface area (Å²) in [5.41, 5.74) is -0.861. The van der Waals surface area contributed by atoms with Crippen LogP contribution in [0.5, 0.6) is 0 Å². The summed E-state index contributed by atoms with van der Waals surface area (Å²) in [7, 11) is 0. The van der Waals surface area contributed by atoms with E-state index >= 15 is 0 Å². The molecule has 2 rings (SSSR count). The first-order valence-corrected chi connectivity index (χ1v) is 1.91. The summed E-state index contributed by atoms with van der Waals surface area (Å²) < 4.78 is 0. The number of carbonyl (C=O) groups is 2. The van der Waals surface area contributed by atoms with Crippen molar-refractivity contribution in [3.05, 3.63) is 0 Å². The van der Waals surface area contributed by atoms with Gasteiger partial charge in [-0.25, -0.2) is 0 Å². The molecule has 0 aromatic rings. The highest BCUT2D eigenvalue weighted by Crippen LogP contribution is 2.26. The normalized spacial score (nSPS) is 29.1. The van der Waals surface area contributed by atoms with Gasteiger partial charge in [-0.2, -0.15) is 0 Å². The third-order valence-corrected chi connectivity index (χ3v) is 1.16. The second-order valence-electron chi connectivity index (χ2n) is 1.66. The lowest BCUT2D eigenvalue weighted by Crippen LogP contribution is -1.95. The molecule has 1 spiro atoms. The number of amides is 2. The molecule has 0 radical (unpaired) electrons. The Bertz CT molecular complexity index is 154. The van der Waals surface area contributed by atoms with Crippen LogP contribution in [0.4, 0.5) is 0 Å². The van der Waals surface area contributed by atoms with Gasteiger partial charge >= 0.3 is 0 Å². The molecule has 36 valence electrons. The van der Waals surface area contributed by atoms with E-state index < -0.39 is 5.66 Å². The Kier molecular flexibility index (Phi) is 0.197. The van der Waals surface area contributed by atoms with Crippen LogP contribution in [-0.2, 0) is 9.59 Å². The SMILES string of the molecule is O=C1NC12NC2=O. The fraction of sp³-hybridized carbons (Fsp3) is 0.333. The van der Waals surface area contributed by atoms with Gasteiger partial charge in [0.1, 0.15) is 0 Å². The van der Waals surface area contributed by atoms with E-state index in [2.05, 4.69) is 10.6 Å². The first-order valence-electron chi connectivity index (χ1n) is 1.91. The predicted molar refractivity (Wildman–Crippen MR) is 19.0 cm³/mol. The van der Waals surface area contributed by atoms with Crippen LogP contribution in [0.25, 0.3) is 0 Å². The molecule has 2 heterocycles. The molecule has 0 bridgehead atoms. The maximum absolute atomic E-state index is 10.1. The minimum absolute atomic E-state index is 0.197. The summed E-state index contributed by atoms with van der Waals surface area (Å²) >= 11 is 0. The van der Waals surface area contributed by atoms with Crippen LogP contribution in [-0.4, -0.2) is 17.5 Å². The van der Waals surface area contributed by atoms with Crippen LogP contribution in [0.2, 0.25) is 0 Å². The second kappa shape index (κ2) is 0.458. The summed E-state index contributed by atoms with van der Waals surface area (Å²) in [5, 5.41) is 4.66. The maximum atomic E-state index is 10.1. The van der Waals surface area contributed by atoms with Crippen molar-refractivity contribution in [2.45, 2.75) is 5.66 Å². The third kappa shape index (κ3) is 0.149. The van der Waals surface area contributed by atoms with E-state index in [1.807, 2.05) is 0 Å². The average Bonchev–Trinajstić information content (AvgIpc) is 2.28. The van der Waals surface area contributed by atoms with Crippen LogP contribution in [0.1, 0.15) is 0 Å². The zero-order valence-corrected chi connectivity index (χ0v) is 3.32. The molecule has 7 heavy (non-hydrogen) atoms. The van der Waals surface area contributed by atoms with Gasteiger partial charge in [0, 0.05) is 0 Å². The molecule has 2 fully saturated rings. The Morgan fingerprint density at radius 2 is 1.43 bits per heavy atom. The average molecular weight is 98.1 g/mol. The molecule has 0 saturated carbocycles. The Labute approximate surface area is 38.9 Å². The van der Waals surface area contributed by atoms with E-state index in [4.69, 9.17) is 0 Å². The monoisotopic (exact) mass is 98.0 g/mol. The van der Waals surface area contributed by atoms with Gasteiger partial charge in [-0.3, -0.25) is 9.59 Å². The lowest BCUT2D eigenvalue weighted by molar-refractivity contribution is -0.114. The van der Waals surface area contributed by atoms with Crippen molar-refractivity contribution >= 4 is 11.8 Å². The van der Waals surface area contributed by atoms with Crippen molar-refractivity contribution in [2.75, 3.05) is 0 Å². The molecule has 2 aliphatic heterocycles. The molecule has 0 unspecified atom stereocenters. The molecule has 0 aliphatic carbocycles. The van der Waals surface area contributed by atoms with Crippen molar-refractivity contribution in [3.63, 3.8) is 0 Å². The molecule has 0 atom stereocenters. The molecular weight excluding hydrogens is 96.0 g/mol. The van der Waals surface area contributed by atoms with Crippen molar-refractivity contribution in [3.8, 4) is 0 Å². The number of rotatable bonds is 0. The highest BCUT2D eigenvalue weighted by molar-refractivity contribution is 6.32. The molecule has 4 nitrogen and oxygen atoms in total. The van der Waals surface area contributed by atoms with Gasteiger partial charge in [-0.05, 0) is 0 Å². The Balaban J connectivity index is 2.40. The van der Waals surface area contributed by atoms with Crippen molar-refractivity contribution in [1.82, 2.24) is 10.6 Å². The van der Waals surface area contributed by atoms with E-state index in [1.54, 1.807) is 0 Å². The minimum atomic E-state index is -0.861. The number of nitrogens with one attached hydrogen (secondary N) is 2. The molecule has 2 amide bonds. The topological polar surface area (TPSA) is 78.0 Å². The van der Waals surface area contributed by atoms with Gasteiger partial charge in [-0.15, -0.1) is 0 Å². The molecule has 4 heteroatoms. The highest BCUT2D eigenvalue weighted by Gasteiger charge is 2.73. The summed E-state index contributed by atoms with van der Waals surface area (Å²) in [6.45, 7) is 0. The van der Waals surface area contributed by atoms with Gasteiger partial charge in [0.15, 0.2) is 0 Å². The van der Waals surface area contributed by atoms with Gasteiger partial charge in [0.05, 0.1) is 0 Å². The summed E-state index contributed by atoms with van der Waals surface area (Å²) in [6, 6.07) is 0. The van der Waals surface area contributed by atoms with Crippen molar-refractivity contribution in [1.29, 1.82) is 0 Å². The smallest absolute Gasteiger partial charge is 0.279 e. The second-order valence-corrected chi connectivity index (χ2v) is 1.66. The molecule has 2 saturated heterocycles. The van der Waals surface area contributed by atoms with Gasteiger partial charge in [0.2, 0.25) is 0 Å². The number of hydrogen-bond acceptors (Lipinski definition) is 2. The summed E-state index contributed by atoms with van der Waals surface area (Å²) in [5.74, 6) is -0.394. The fourth-order valence-corrected chi connectivity index (χ4v) is 0.526. The van der Waals surface area contributed by atoms with E-state index in [9.17, 15) is 9.59 Å². The van der Waals surface area contributed by atoms with Crippen LogP contribution < -0.4 is 10.6 Å². The van der Waals surface area contributed by atoms with Crippen molar-refractivity contribution in [2.24, 2.45) is 0 Å². The molecule has 2 N–H and O–H groups in total. The standard InChI is InChI=1S/C3H2N2O2/c6-1-3(4-1)2(7)5-3/h(H,4,6)(H,5,7). The van der Waals surface area contributed by atoms with Gasteiger partial charge in [-0.1, -0.05) is 0 Å². The van der Waals surface area contributed by atoms with Gasteiger partial charge in [0.25, 0.3) is 17.5 Å².